The Morgan fingerprint density at radius 3 is 2.42 bits per heavy atom. The van der Waals surface area contributed by atoms with Gasteiger partial charge in [-0.05, 0) is 26.2 Å². The van der Waals surface area contributed by atoms with Crippen LogP contribution in [-0.4, -0.2) is 42.5 Å². The molecule has 3 heteroatoms. The van der Waals surface area contributed by atoms with Gasteiger partial charge in [-0.1, -0.05) is 32.1 Å². The monoisotopic (exact) mass is 267 g/mol. The van der Waals surface area contributed by atoms with Gasteiger partial charge in [0.05, 0.1) is 18.8 Å². The van der Waals surface area contributed by atoms with Crippen LogP contribution < -0.4 is 0 Å². The zero-order valence-electron chi connectivity index (χ0n) is 12.6. The largest absolute Gasteiger partial charge is 0.379 e. The topological polar surface area (TPSA) is 29.5 Å². The standard InChI is InChI=1S/C16H29NO2/c1-16(2,17-10-12-19-13-11-17)15(18)9-8-14-6-4-3-5-7-14/h14H,3-13H2,1-2H3. The van der Waals surface area contributed by atoms with Crippen molar-refractivity contribution in [2.75, 3.05) is 26.3 Å². The van der Waals surface area contributed by atoms with E-state index in [0.29, 0.717) is 5.78 Å². The smallest absolute Gasteiger partial charge is 0.152 e. The number of ether oxygens (including phenoxy) is 1. The zero-order valence-corrected chi connectivity index (χ0v) is 12.6. The minimum Gasteiger partial charge on any atom is -0.379 e. The summed E-state index contributed by atoms with van der Waals surface area (Å²) in [7, 11) is 0. The second-order valence-corrected chi connectivity index (χ2v) is 6.62. The van der Waals surface area contributed by atoms with Crippen LogP contribution in [0.15, 0.2) is 0 Å². The summed E-state index contributed by atoms with van der Waals surface area (Å²) in [6.45, 7) is 7.48. The molecule has 1 aliphatic heterocycles. The number of carbonyl (C=O) groups excluding carboxylic acids is 1. The molecule has 0 aromatic heterocycles. The Labute approximate surface area is 117 Å². The van der Waals surface area contributed by atoms with Crippen LogP contribution in [0.5, 0.6) is 0 Å². The maximum absolute atomic E-state index is 12.5. The van der Waals surface area contributed by atoms with Gasteiger partial charge >= 0.3 is 0 Å². The predicted molar refractivity (Wildman–Crippen MR) is 77.3 cm³/mol. The van der Waals surface area contributed by atoms with Crippen molar-refractivity contribution >= 4 is 5.78 Å². The van der Waals surface area contributed by atoms with E-state index in [-0.39, 0.29) is 5.54 Å². The Morgan fingerprint density at radius 1 is 1.16 bits per heavy atom. The van der Waals surface area contributed by atoms with Crippen LogP contribution in [0.1, 0.15) is 58.8 Å². The number of rotatable bonds is 5. The van der Waals surface area contributed by atoms with Crippen molar-refractivity contribution in [3.63, 3.8) is 0 Å². The molecule has 2 rings (SSSR count). The molecule has 2 fully saturated rings. The van der Waals surface area contributed by atoms with Crippen LogP contribution in [-0.2, 0) is 9.53 Å². The molecular weight excluding hydrogens is 238 g/mol. The van der Waals surface area contributed by atoms with Gasteiger partial charge in [0, 0.05) is 19.5 Å². The molecule has 0 unspecified atom stereocenters. The van der Waals surface area contributed by atoms with Crippen LogP contribution in [0.25, 0.3) is 0 Å². The lowest BCUT2D eigenvalue weighted by atomic mass is 9.83. The molecular formula is C16H29NO2. The zero-order chi connectivity index (χ0) is 13.7. The lowest BCUT2D eigenvalue weighted by Crippen LogP contribution is -2.54. The Morgan fingerprint density at radius 2 is 1.79 bits per heavy atom. The van der Waals surface area contributed by atoms with E-state index in [0.717, 1.165) is 45.1 Å². The number of carbonyl (C=O) groups is 1. The molecule has 3 nitrogen and oxygen atoms in total. The minimum absolute atomic E-state index is 0.307. The van der Waals surface area contributed by atoms with Gasteiger partial charge in [-0.3, -0.25) is 9.69 Å². The molecule has 1 saturated heterocycles. The molecule has 0 spiro atoms. The average Bonchev–Trinajstić information content (AvgIpc) is 2.46. The SMILES string of the molecule is CC(C)(C(=O)CCC1CCCCC1)N1CCOCC1. The summed E-state index contributed by atoms with van der Waals surface area (Å²) in [5.41, 5.74) is -0.307. The number of hydrogen-bond acceptors (Lipinski definition) is 3. The summed E-state index contributed by atoms with van der Waals surface area (Å²) >= 11 is 0. The number of hydrogen-bond donors (Lipinski definition) is 0. The molecule has 0 N–H and O–H groups in total. The lowest BCUT2D eigenvalue weighted by molar-refractivity contribution is -0.132. The van der Waals surface area contributed by atoms with E-state index in [4.69, 9.17) is 4.74 Å². The van der Waals surface area contributed by atoms with Crippen molar-refractivity contribution in [1.82, 2.24) is 4.90 Å². The normalized spacial score (nSPS) is 23.5. The van der Waals surface area contributed by atoms with E-state index >= 15 is 0 Å². The summed E-state index contributed by atoms with van der Waals surface area (Å²) in [5.74, 6) is 1.22. The number of ketones is 1. The molecule has 0 aromatic rings. The molecule has 0 bridgehead atoms. The van der Waals surface area contributed by atoms with Crippen molar-refractivity contribution in [1.29, 1.82) is 0 Å². The third kappa shape index (κ3) is 4.03. The molecule has 1 aliphatic carbocycles. The van der Waals surface area contributed by atoms with Crippen LogP contribution in [0.2, 0.25) is 0 Å². The van der Waals surface area contributed by atoms with Crippen LogP contribution in [0, 0.1) is 5.92 Å². The predicted octanol–water partition coefficient (Wildman–Crippen LogP) is 3.03. The maximum Gasteiger partial charge on any atom is 0.152 e. The maximum atomic E-state index is 12.5. The fourth-order valence-electron chi connectivity index (χ4n) is 3.42. The highest BCUT2D eigenvalue weighted by atomic mass is 16.5. The first-order chi connectivity index (χ1) is 9.10. The number of nitrogens with zero attached hydrogens (tertiary/aromatic N) is 1. The van der Waals surface area contributed by atoms with Crippen molar-refractivity contribution in [2.24, 2.45) is 5.92 Å². The summed E-state index contributed by atoms with van der Waals surface area (Å²) in [6.07, 6.45) is 8.67. The van der Waals surface area contributed by atoms with Gasteiger partial charge < -0.3 is 4.74 Å². The van der Waals surface area contributed by atoms with Crippen LogP contribution in [0.4, 0.5) is 0 Å². The van der Waals surface area contributed by atoms with Gasteiger partial charge in [0.1, 0.15) is 0 Å². The highest BCUT2D eigenvalue weighted by molar-refractivity contribution is 5.87. The van der Waals surface area contributed by atoms with Gasteiger partial charge in [-0.15, -0.1) is 0 Å². The molecule has 0 atom stereocenters. The summed E-state index contributed by atoms with van der Waals surface area (Å²) in [6, 6.07) is 0. The van der Waals surface area contributed by atoms with Gasteiger partial charge in [-0.25, -0.2) is 0 Å². The quantitative estimate of drug-likeness (QED) is 0.767. The van der Waals surface area contributed by atoms with E-state index < -0.39 is 0 Å². The van der Waals surface area contributed by atoms with Gasteiger partial charge in [0.15, 0.2) is 5.78 Å². The van der Waals surface area contributed by atoms with Crippen LogP contribution in [0.3, 0.4) is 0 Å². The van der Waals surface area contributed by atoms with E-state index in [2.05, 4.69) is 18.7 Å². The van der Waals surface area contributed by atoms with E-state index in [1.807, 2.05) is 0 Å². The molecule has 1 heterocycles. The first-order valence-electron chi connectivity index (χ1n) is 7.97. The third-order valence-electron chi connectivity index (χ3n) is 4.99. The second kappa shape index (κ2) is 6.85. The van der Waals surface area contributed by atoms with Crippen LogP contribution >= 0.6 is 0 Å². The van der Waals surface area contributed by atoms with E-state index in [1.54, 1.807) is 0 Å². The number of morpholine rings is 1. The first-order valence-corrected chi connectivity index (χ1v) is 7.97. The summed E-state index contributed by atoms with van der Waals surface area (Å²) in [5, 5.41) is 0. The van der Waals surface area contributed by atoms with Crippen molar-refractivity contribution in [2.45, 2.75) is 64.3 Å². The fourth-order valence-corrected chi connectivity index (χ4v) is 3.42. The highest BCUT2D eigenvalue weighted by Crippen LogP contribution is 2.29. The molecule has 0 radical (unpaired) electrons. The molecule has 0 aromatic carbocycles. The molecule has 1 saturated carbocycles. The summed E-state index contributed by atoms with van der Waals surface area (Å²) < 4.78 is 5.38. The average molecular weight is 267 g/mol. The lowest BCUT2D eigenvalue weighted by Gasteiger charge is -2.39. The van der Waals surface area contributed by atoms with Crippen molar-refractivity contribution < 1.29 is 9.53 Å². The Bertz CT molecular complexity index is 289. The van der Waals surface area contributed by atoms with Gasteiger partial charge in [0.2, 0.25) is 0 Å². The molecule has 0 amide bonds. The van der Waals surface area contributed by atoms with Crippen molar-refractivity contribution in [3.05, 3.63) is 0 Å². The second-order valence-electron chi connectivity index (χ2n) is 6.62. The molecule has 2 aliphatic rings. The van der Waals surface area contributed by atoms with Gasteiger partial charge in [0.25, 0.3) is 0 Å². The Kier molecular flexibility index (Phi) is 5.40. The van der Waals surface area contributed by atoms with E-state index in [1.165, 1.54) is 32.1 Å². The highest BCUT2D eigenvalue weighted by Gasteiger charge is 2.34. The molecule has 110 valence electrons. The fraction of sp³-hybridized carbons (Fsp3) is 0.938. The summed E-state index contributed by atoms with van der Waals surface area (Å²) in [4.78, 5) is 14.8. The van der Waals surface area contributed by atoms with Crippen molar-refractivity contribution in [3.8, 4) is 0 Å². The minimum atomic E-state index is -0.307. The molecule has 19 heavy (non-hydrogen) atoms. The van der Waals surface area contributed by atoms with Gasteiger partial charge in [-0.2, -0.15) is 0 Å². The Hall–Kier alpha value is -0.410. The number of Topliss-reactive ketones (excluding diaryl/α,β-unsaturated/α-hetero) is 1. The third-order valence-corrected chi connectivity index (χ3v) is 4.99. The first kappa shape index (κ1) is 15.0. The van der Waals surface area contributed by atoms with E-state index in [9.17, 15) is 4.79 Å². The Balaban J connectivity index is 1.79.